The molecule has 0 spiro atoms. The summed E-state index contributed by atoms with van der Waals surface area (Å²) in [5.74, 6) is 0.0251. The van der Waals surface area contributed by atoms with Crippen LogP contribution in [0, 0.1) is 11.3 Å². The van der Waals surface area contributed by atoms with E-state index in [1.165, 1.54) is 0 Å². The number of amides is 1. The van der Waals surface area contributed by atoms with Crippen LogP contribution in [0.3, 0.4) is 0 Å². The molecule has 0 aromatic heterocycles. The molecule has 0 aliphatic heterocycles. The number of nitrogens with one attached hydrogen (secondary N) is 1. The molecule has 0 aliphatic carbocycles. The van der Waals surface area contributed by atoms with Gasteiger partial charge >= 0.3 is 0 Å². The Bertz CT molecular complexity index is 235. The molecule has 1 N–H and O–H groups in total. The van der Waals surface area contributed by atoms with Gasteiger partial charge in [-0.1, -0.05) is 20.3 Å². The fraction of sp³-hybridized carbons (Fsp3) is 0.833. The van der Waals surface area contributed by atoms with Crippen molar-refractivity contribution in [3.05, 3.63) is 0 Å². The average molecular weight is 225 g/mol. The third-order valence-electron chi connectivity index (χ3n) is 2.54. The van der Waals surface area contributed by atoms with Crippen molar-refractivity contribution in [2.75, 3.05) is 19.6 Å². The number of hydrogen-bond donors (Lipinski definition) is 1. The first kappa shape index (κ1) is 14.9. The summed E-state index contributed by atoms with van der Waals surface area (Å²) in [6.07, 6.45) is 3.03. The summed E-state index contributed by atoms with van der Waals surface area (Å²) in [4.78, 5) is 13.7. The third kappa shape index (κ3) is 5.72. The van der Waals surface area contributed by atoms with Crippen LogP contribution in [-0.4, -0.2) is 36.5 Å². The van der Waals surface area contributed by atoms with Crippen LogP contribution in [0.25, 0.3) is 0 Å². The lowest BCUT2D eigenvalue weighted by Gasteiger charge is -2.25. The molecule has 4 nitrogen and oxygen atoms in total. The first-order valence-corrected chi connectivity index (χ1v) is 6.06. The highest BCUT2D eigenvalue weighted by Gasteiger charge is 2.19. The summed E-state index contributed by atoms with van der Waals surface area (Å²) >= 11 is 0. The maximum absolute atomic E-state index is 11.7. The monoisotopic (exact) mass is 225 g/mol. The predicted octanol–water partition coefficient (Wildman–Crippen LogP) is 1.53. The number of hydrogen-bond acceptors (Lipinski definition) is 3. The number of carbonyl (C=O) groups is 1. The van der Waals surface area contributed by atoms with Crippen molar-refractivity contribution in [3.8, 4) is 6.07 Å². The van der Waals surface area contributed by atoms with Gasteiger partial charge in [0.05, 0.1) is 18.7 Å². The maximum Gasteiger partial charge on any atom is 0.237 e. The van der Waals surface area contributed by atoms with Gasteiger partial charge in [0.2, 0.25) is 5.91 Å². The molecule has 0 heterocycles. The minimum absolute atomic E-state index is 0.0251. The fourth-order valence-corrected chi connectivity index (χ4v) is 1.49. The predicted molar refractivity (Wildman–Crippen MR) is 64.9 cm³/mol. The van der Waals surface area contributed by atoms with Gasteiger partial charge in [-0.3, -0.25) is 9.69 Å². The second-order valence-corrected chi connectivity index (χ2v) is 3.95. The molecule has 1 atom stereocenters. The lowest BCUT2D eigenvalue weighted by Crippen LogP contribution is -2.45. The number of nitrogens with zero attached hydrogens (tertiary/aromatic N) is 2. The Morgan fingerprint density at radius 3 is 2.62 bits per heavy atom. The molecule has 0 aromatic carbocycles. The van der Waals surface area contributed by atoms with E-state index >= 15 is 0 Å². The first-order valence-electron chi connectivity index (χ1n) is 6.06. The van der Waals surface area contributed by atoms with Crippen LogP contribution in [0.1, 0.15) is 40.0 Å². The molecule has 0 aliphatic rings. The molecule has 92 valence electrons. The molecular formula is C12H23N3O. The van der Waals surface area contributed by atoms with E-state index in [2.05, 4.69) is 18.3 Å². The highest BCUT2D eigenvalue weighted by Crippen LogP contribution is 2.00. The quantitative estimate of drug-likeness (QED) is 0.503. The molecule has 0 saturated heterocycles. The number of carbonyl (C=O) groups excluding carboxylic acids is 1. The normalized spacial score (nSPS) is 12.2. The summed E-state index contributed by atoms with van der Waals surface area (Å²) in [7, 11) is 0. The minimum Gasteiger partial charge on any atom is -0.355 e. The van der Waals surface area contributed by atoms with Crippen molar-refractivity contribution in [3.63, 3.8) is 0 Å². The van der Waals surface area contributed by atoms with E-state index in [9.17, 15) is 4.79 Å². The first-order chi connectivity index (χ1) is 7.67. The molecular weight excluding hydrogens is 202 g/mol. The van der Waals surface area contributed by atoms with E-state index in [0.717, 1.165) is 32.4 Å². The van der Waals surface area contributed by atoms with Gasteiger partial charge in [0.1, 0.15) is 0 Å². The van der Waals surface area contributed by atoms with Crippen molar-refractivity contribution in [1.82, 2.24) is 10.2 Å². The van der Waals surface area contributed by atoms with Crippen molar-refractivity contribution >= 4 is 5.91 Å². The van der Waals surface area contributed by atoms with Crippen LogP contribution < -0.4 is 5.32 Å². The van der Waals surface area contributed by atoms with Crippen molar-refractivity contribution in [2.24, 2.45) is 0 Å². The molecule has 4 heteroatoms. The molecule has 0 saturated carbocycles. The van der Waals surface area contributed by atoms with Crippen molar-refractivity contribution in [1.29, 1.82) is 5.26 Å². The van der Waals surface area contributed by atoms with Gasteiger partial charge in [-0.05, 0) is 26.3 Å². The second-order valence-electron chi connectivity index (χ2n) is 3.95. The largest absolute Gasteiger partial charge is 0.355 e. The zero-order valence-electron chi connectivity index (χ0n) is 10.6. The van der Waals surface area contributed by atoms with Crippen LogP contribution >= 0.6 is 0 Å². The maximum atomic E-state index is 11.7. The standard InChI is InChI=1S/C12H23N3O/c1-4-6-8-14-12(16)11(3)15(9-5-2)10-7-13/h11H,4-6,8-10H2,1-3H3,(H,14,16). The smallest absolute Gasteiger partial charge is 0.237 e. The number of nitriles is 1. The fourth-order valence-electron chi connectivity index (χ4n) is 1.49. The average Bonchev–Trinajstić information content (AvgIpc) is 2.28. The zero-order chi connectivity index (χ0) is 12.4. The lowest BCUT2D eigenvalue weighted by molar-refractivity contribution is -0.125. The van der Waals surface area contributed by atoms with Crippen LogP contribution in [-0.2, 0) is 4.79 Å². The van der Waals surface area contributed by atoms with E-state index < -0.39 is 0 Å². The van der Waals surface area contributed by atoms with Crippen LogP contribution in [0.4, 0.5) is 0 Å². The number of rotatable bonds is 8. The molecule has 0 bridgehead atoms. The molecule has 1 amide bonds. The van der Waals surface area contributed by atoms with Gasteiger partial charge < -0.3 is 5.32 Å². The SMILES string of the molecule is CCCCNC(=O)C(C)N(CC#N)CCC. The van der Waals surface area contributed by atoms with Gasteiger partial charge in [0.25, 0.3) is 0 Å². The van der Waals surface area contributed by atoms with Crippen molar-refractivity contribution in [2.45, 2.75) is 46.1 Å². The molecule has 0 radical (unpaired) electrons. The van der Waals surface area contributed by atoms with Gasteiger partial charge in [0.15, 0.2) is 0 Å². The molecule has 16 heavy (non-hydrogen) atoms. The summed E-state index contributed by atoms with van der Waals surface area (Å²) in [6.45, 7) is 7.83. The minimum atomic E-state index is -0.212. The summed E-state index contributed by atoms with van der Waals surface area (Å²) in [5.41, 5.74) is 0. The number of unbranched alkanes of at least 4 members (excludes halogenated alkanes) is 1. The lowest BCUT2D eigenvalue weighted by atomic mass is 10.2. The topological polar surface area (TPSA) is 56.1 Å². The summed E-state index contributed by atoms with van der Waals surface area (Å²) < 4.78 is 0. The van der Waals surface area contributed by atoms with Crippen LogP contribution in [0.15, 0.2) is 0 Å². The van der Waals surface area contributed by atoms with E-state index in [0.29, 0.717) is 6.54 Å². The van der Waals surface area contributed by atoms with E-state index in [4.69, 9.17) is 5.26 Å². The Balaban J connectivity index is 4.09. The van der Waals surface area contributed by atoms with Gasteiger partial charge in [0, 0.05) is 6.54 Å². The molecule has 0 aromatic rings. The Hall–Kier alpha value is -1.08. The third-order valence-corrected chi connectivity index (χ3v) is 2.54. The van der Waals surface area contributed by atoms with Gasteiger partial charge in [-0.25, -0.2) is 0 Å². The second kappa shape index (κ2) is 9.17. The summed E-state index contributed by atoms with van der Waals surface area (Å²) in [6, 6.07) is 1.89. The van der Waals surface area contributed by atoms with Crippen LogP contribution in [0.2, 0.25) is 0 Å². The zero-order valence-corrected chi connectivity index (χ0v) is 10.6. The van der Waals surface area contributed by atoms with Gasteiger partial charge in [-0.15, -0.1) is 0 Å². The Morgan fingerprint density at radius 2 is 2.12 bits per heavy atom. The van der Waals surface area contributed by atoms with Crippen LogP contribution in [0.5, 0.6) is 0 Å². The van der Waals surface area contributed by atoms with Crippen molar-refractivity contribution < 1.29 is 4.79 Å². The Labute approximate surface area is 98.6 Å². The van der Waals surface area contributed by atoms with E-state index in [1.807, 2.05) is 18.7 Å². The summed E-state index contributed by atoms with van der Waals surface area (Å²) in [5, 5.41) is 11.6. The van der Waals surface area contributed by atoms with E-state index in [-0.39, 0.29) is 11.9 Å². The molecule has 0 rings (SSSR count). The molecule has 1 unspecified atom stereocenters. The highest BCUT2D eigenvalue weighted by atomic mass is 16.2. The highest BCUT2D eigenvalue weighted by molar-refractivity contribution is 5.81. The van der Waals surface area contributed by atoms with E-state index in [1.54, 1.807) is 0 Å². The Morgan fingerprint density at radius 1 is 1.44 bits per heavy atom. The van der Waals surface area contributed by atoms with Gasteiger partial charge in [-0.2, -0.15) is 5.26 Å². The molecule has 0 fully saturated rings. The Kier molecular flexibility index (Phi) is 8.55.